The number of unbranched alkanes of at least 4 members (excludes halogenated alkanes) is 1. The zero-order valence-corrected chi connectivity index (χ0v) is 15.7. The first-order valence-corrected chi connectivity index (χ1v) is 9.25. The van der Waals surface area contributed by atoms with E-state index in [0.29, 0.717) is 6.10 Å². The quantitative estimate of drug-likeness (QED) is 0.279. The van der Waals surface area contributed by atoms with Crippen LogP contribution < -0.4 is 24.8 Å². The van der Waals surface area contributed by atoms with Gasteiger partial charge in [0.25, 0.3) is 0 Å². The van der Waals surface area contributed by atoms with Crippen LogP contribution in [0.5, 0.6) is 0 Å². The number of ether oxygens (including phenoxy) is 1. The molecule has 1 rings (SSSR count). The maximum Gasteiger partial charge on any atom is 3.00 e. The molecule has 1 radical (unpaired) electrons. The molecule has 0 spiro atoms. The molecule has 0 fully saturated rings. The number of hydrogen-bond acceptors (Lipinski definition) is 1. The summed E-state index contributed by atoms with van der Waals surface area (Å²) in [4.78, 5) is 0. The molecule has 1 aliphatic rings. The van der Waals surface area contributed by atoms with Crippen LogP contribution in [0.15, 0.2) is 17.7 Å². The average Bonchev–Trinajstić information content (AvgIpc) is 2.68. The van der Waals surface area contributed by atoms with E-state index in [-0.39, 0.29) is 46.5 Å². The van der Waals surface area contributed by atoms with Crippen LogP contribution in [0.2, 0.25) is 19.1 Å². The van der Waals surface area contributed by atoms with Crippen LogP contribution in [0.4, 0.5) is 0 Å². The number of halogens is 2. The van der Waals surface area contributed by atoms with Crippen molar-refractivity contribution < 1.29 is 51.3 Å². The third-order valence-corrected chi connectivity index (χ3v) is 3.94. The maximum absolute atomic E-state index is 5.96. The number of allylic oxidation sites excluding steroid dienone is 2. The van der Waals surface area contributed by atoms with Gasteiger partial charge in [0.05, 0.1) is 0 Å². The molecule has 0 aromatic heterocycles. The van der Waals surface area contributed by atoms with Crippen LogP contribution in [0.1, 0.15) is 26.2 Å². The van der Waals surface area contributed by atoms with Crippen molar-refractivity contribution in [3.8, 4) is 0 Å². The van der Waals surface area contributed by atoms with Gasteiger partial charge in [-0.2, -0.15) is 11.6 Å². The van der Waals surface area contributed by atoms with Gasteiger partial charge in [-0.05, 0) is 12.5 Å². The third-order valence-electron chi connectivity index (χ3n) is 2.57. The molecule has 1 atom stereocenters. The fourth-order valence-electron chi connectivity index (χ4n) is 1.73. The summed E-state index contributed by atoms with van der Waals surface area (Å²) >= 11 is 0. The van der Waals surface area contributed by atoms with Crippen LogP contribution in [-0.2, 0) is 26.5 Å². The van der Waals surface area contributed by atoms with Gasteiger partial charge in [-0.15, -0.1) is 6.42 Å². The molecular formula is C13H23Cl2OSiTi. The molecule has 18 heavy (non-hydrogen) atoms. The molecule has 0 aliphatic heterocycles. The van der Waals surface area contributed by atoms with Gasteiger partial charge in [0.15, 0.2) is 0 Å². The second-order valence-corrected chi connectivity index (χ2v) is 7.84. The molecular weight excluding hydrogens is 319 g/mol. The molecule has 0 aromatic rings. The summed E-state index contributed by atoms with van der Waals surface area (Å²) in [6.45, 7) is 7.88. The fraction of sp³-hybridized carbons (Fsp3) is 0.692. The predicted molar refractivity (Wildman–Crippen MR) is 68.8 cm³/mol. The Morgan fingerprint density at radius 1 is 1.39 bits per heavy atom. The second kappa shape index (κ2) is 14.4. The minimum atomic E-state index is -0.556. The van der Waals surface area contributed by atoms with Gasteiger partial charge in [0.1, 0.15) is 0 Å². The smallest absolute Gasteiger partial charge is 1.00 e. The van der Waals surface area contributed by atoms with Crippen LogP contribution >= 0.6 is 0 Å². The molecule has 1 aliphatic carbocycles. The summed E-state index contributed by atoms with van der Waals surface area (Å²) in [6.07, 6.45) is 11.5. The van der Waals surface area contributed by atoms with E-state index in [4.69, 9.17) is 4.74 Å². The van der Waals surface area contributed by atoms with Crippen molar-refractivity contribution in [2.24, 2.45) is 0 Å². The monoisotopic (exact) mass is 341 g/mol. The molecule has 0 aromatic carbocycles. The van der Waals surface area contributed by atoms with E-state index in [2.05, 4.69) is 38.2 Å². The summed E-state index contributed by atoms with van der Waals surface area (Å²) in [6, 6.07) is 1.25. The standard InChI is InChI=1S/C13H23OSi.2ClH.Ti/c1-4-5-10-14-13(11-15(2)3)12-8-6-7-9-12;;;/h6,8,13,15H,4-5,7,10-11H2,1-3H3;2*1H;/q-1;;;+3/p-2. The van der Waals surface area contributed by atoms with Crippen LogP contribution in [-0.4, -0.2) is 21.5 Å². The van der Waals surface area contributed by atoms with E-state index in [1.165, 1.54) is 24.5 Å². The maximum atomic E-state index is 5.96. The summed E-state index contributed by atoms with van der Waals surface area (Å²) in [5, 5.41) is 0. The Morgan fingerprint density at radius 3 is 2.50 bits per heavy atom. The van der Waals surface area contributed by atoms with E-state index in [0.717, 1.165) is 13.0 Å². The van der Waals surface area contributed by atoms with Gasteiger partial charge in [0, 0.05) is 21.5 Å². The Bertz CT molecular complexity index is 245. The molecule has 0 amide bonds. The van der Waals surface area contributed by atoms with Crippen molar-refractivity contribution in [2.45, 2.75) is 51.4 Å². The zero-order valence-electron chi connectivity index (χ0n) is 11.5. The molecule has 1 unspecified atom stereocenters. The van der Waals surface area contributed by atoms with E-state index in [1.807, 2.05) is 0 Å². The molecule has 103 valence electrons. The van der Waals surface area contributed by atoms with E-state index in [9.17, 15) is 0 Å². The molecule has 0 saturated carbocycles. The first-order valence-electron chi connectivity index (χ1n) is 6.13. The second-order valence-electron chi connectivity index (χ2n) is 4.58. The summed E-state index contributed by atoms with van der Waals surface area (Å²) < 4.78 is 5.96. The van der Waals surface area contributed by atoms with Gasteiger partial charge >= 0.3 is 21.7 Å². The largest absolute Gasteiger partial charge is 3.00 e. The van der Waals surface area contributed by atoms with E-state index >= 15 is 0 Å². The summed E-state index contributed by atoms with van der Waals surface area (Å²) in [5.41, 5.74) is 1.30. The number of hydrogen-bond donors (Lipinski definition) is 0. The van der Waals surface area contributed by atoms with Crippen molar-refractivity contribution in [3.63, 3.8) is 0 Å². The SMILES string of the molecule is CCCCOC(C[SiH](C)C)C1=[C-]CC=C1.[Cl-].[Cl-].[Ti+3]. The van der Waals surface area contributed by atoms with Gasteiger partial charge in [-0.1, -0.05) is 26.4 Å². The fourth-order valence-corrected chi connectivity index (χ4v) is 2.97. The van der Waals surface area contributed by atoms with E-state index < -0.39 is 8.80 Å². The van der Waals surface area contributed by atoms with Gasteiger partial charge < -0.3 is 29.6 Å². The van der Waals surface area contributed by atoms with Crippen LogP contribution in [0.3, 0.4) is 0 Å². The summed E-state index contributed by atoms with van der Waals surface area (Å²) in [7, 11) is -0.556. The van der Waals surface area contributed by atoms with Crippen molar-refractivity contribution in [2.75, 3.05) is 6.61 Å². The van der Waals surface area contributed by atoms with Crippen molar-refractivity contribution in [1.82, 2.24) is 0 Å². The first kappa shape index (κ1) is 24.0. The molecule has 0 heterocycles. The van der Waals surface area contributed by atoms with Crippen molar-refractivity contribution >= 4 is 8.80 Å². The van der Waals surface area contributed by atoms with E-state index in [1.54, 1.807) is 0 Å². The minimum Gasteiger partial charge on any atom is -1.00 e. The Kier molecular flexibility index (Phi) is 19.2. The molecule has 5 heteroatoms. The first-order chi connectivity index (χ1) is 7.24. The number of rotatable bonds is 7. The molecule has 1 nitrogen and oxygen atoms in total. The van der Waals surface area contributed by atoms with Gasteiger partial charge in [0.2, 0.25) is 0 Å². The Balaban J connectivity index is -0.000000750. The Morgan fingerprint density at radius 2 is 2.06 bits per heavy atom. The molecule has 0 bridgehead atoms. The molecule has 0 saturated heterocycles. The van der Waals surface area contributed by atoms with Crippen molar-refractivity contribution in [1.29, 1.82) is 0 Å². The Hall–Kier alpha value is 0.951. The third kappa shape index (κ3) is 9.83. The van der Waals surface area contributed by atoms with Crippen LogP contribution in [0, 0.1) is 6.08 Å². The Labute approximate surface area is 141 Å². The molecule has 0 N–H and O–H groups in total. The van der Waals surface area contributed by atoms with Crippen LogP contribution in [0.25, 0.3) is 0 Å². The van der Waals surface area contributed by atoms with Gasteiger partial charge in [-0.25, -0.2) is 6.08 Å². The average molecular weight is 342 g/mol. The summed E-state index contributed by atoms with van der Waals surface area (Å²) in [5.74, 6) is 0. The van der Waals surface area contributed by atoms with Crippen molar-refractivity contribution in [3.05, 3.63) is 23.8 Å². The zero-order chi connectivity index (χ0) is 11.1. The van der Waals surface area contributed by atoms with Gasteiger partial charge in [-0.3, -0.25) is 6.08 Å². The topological polar surface area (TPSA) is 9.23 Å². The minimum absolute atomic E-state index is 0. The predicted octanol–water partition coefficient (Wildman–Crippen LogP) is -2.65. The normalized spacial score (nSPS) is 14.3.